The maximum absolute atomic E-state index is 12.3. The largest absolute Gasteiger partial charge is 0.354 e. The zero-order valence-corrected chi connectivity index (χ0v) is 10.7. The monoisotopic (exact) mass is 217 g/mol. The summed E-state index contributed by atoms with van der Waals surface area (Å²) in [5, 5.41) is 0. The Labute approximate surface area is 97.3 Å². The third-order valence-electron chi connectivity index (χ3n) is 3.18. The Morgan fingerprint density at radius 1 is 1.12 bits per heavy atom. The molecule has 0 aromatic heterocycles. The zero-order chi connectivity index (χ0) is 12.1. The van der Waals surface area contributed by atoms with Gasteiger partial charge in [0.25, 0.3) is 0 Å². The van der Waals surface area contributed by atoms with Gasteiger partial charge in [0.1, 0.15) is 0 Å². The summed E-state index contributed by atoms with van der Waals surface area (Å²) in [7, 11) is 0. The van der Waals surface area contributed by atoms with Crippen LogP contribution >= 0.6 is 0 Å². The molecule has 0 spiro atoms. The first-order chi connectivity index (χ1) is 7.26. The SMILES string of the molecule is CC(C)(C)N1c2ccccc2C(=O)C1(C)C. The highest BCUT2D eigenvalue weighted by Gasteiger charge is 2.47. The summed E-state index contributed by atoms with van der Waals surface area (Å²) in [6, 6.07) is 7.88. The van der Waals surface area contributed by atoms with E-state index in [2.05, 4.69) is 25.7 Å². The molecule has 0 atom stereocenters. The van der Waals surface area contributed by atoms with E-state index >= 15 is 0 Å². The Morgan fingerprint density at radius 3 is 2.25 bits per heavy atom. The van der Waals surface area contributed by atoms with Crippen LogP contribution in [0, 0.1) is 0 Å². The van der Waals surface area contributed by atoms with E-state index in [-0.39, 0.29) is 11.3 Å². The lowest BCUT2D eigenvalue weighted by Gasteiger charge is -2.43. The summed E-state index contributed by atoms with van der Waals surface area (Å²) >= 11 is 0. The summed E-state index contributed by atoms with van der Waals surface area (Å²) in [5.74, 6) is 0.220. The fraction of sp³-hybridized carbons (Fsp3) is 0.500. The van der Waals surface area contributed by atoms with Crippen LogP contribution in [0.4, 0.5) is 5.69 Å². The number of carbonyl (C=O) groups excluding carboxylic acids is 1. The second-order valence-electron chi connectivity index (χ2n) is 5.91. The van der Waals surface area contributed by atoms with E-state index in [0.717, 1.165) is 11.3 Å². The van der Waals surface area contributed by atoms with Gasteiger partial charge in [0.15, 0.2) is 5.78 Å². The fourth-order valence-corrected chi connectivity index (χ4v) is 2.79. The van der Waals surface area contributed by atoms with Crippen LogP contribution in [0.5, 0.6) is 0 Å². The Morgan fingerprint density at radius 2 is 1.69 bits per heavy atom. The van der Waals surface area contributed by atoms with Crippen LogP contribution in [0.25, 0.3) is 0 Å². The molecule has 0 fully saturated rings. The minimum absolute atomic E-state index is 0.0498. The third kappa shape index (κ3) is 1.36. The van der Waals surface area contributed by atoms with Crippen LogP contribution in [-0.2, 0) is 0 Å². The van der Waals surface area contributed by atoms with E-state index in [0.29, 0.717) is 0 Å². The van der Waals surface area contributed by atoms with E-state index in [1.54, 1.807) is 0 Å². The molecule has 0 N–H and O–H groups in total. The summed E-state index contributed by atoms with van der Waals surface area (Å²) in [4.78, 5) is 14.6. The van der Waals surface area contributed by atoms with Gasteiger partial charge in [-0.15, -0.1) is 0 Å². The number of rotatable bonds is 0. The molecule has 0 radical (unpaired) electrons. The van der Waals surface area contributed by atoms with Crippen molar-refractivity contribution in [2.75, 3.05) is 4.90 Å². The number of hydrogen-bond acceptors (Lipinski definition) is 2. The van der Waals surface area contributed by atoms with E-state index in [1.165, 1.54) is 0 Å². The molecule has 86 valence electrons. The highest BCUT2D eigenvalue weighted by molar-refractivity contribution is 6.13. The number of nitrogens with zero attached hydrogens (tertiary/aromatic N) is 1. The Bertz CT molecular complexity index is 440. The van der Waals surface area contributed by atoms with Gasteiger partial charge in [0.05, 0.1) is 5.54 Å². The van der Waals surface area contributed by atoms with Crippen molar-refractivity contribution in [3.8, 4) is 0 Å². The summed E-state index contributed by atoms with van der Waals surface area (Å²) < 4.78 is 0. The molecule has 0 amide bonds. The van der Waals surface area contributed by atoms with Crippen molar-refractivity contribution in [2.24, 2.45) is 0 Å². The highest BCUT2D eigenvalue weighted by atomic mass is 16.1. The number of fused-ring (bicyclic) bond motifs is 1. The molecule has 1 aliphatic heterocycles. The minimum atomic E-state index is -0.443. The Balaban J connectivity index is 2.66. The van der Waals surface area contributed by atoms with Crippen molar-refractivity contribution in [3.05, 3.63) is 29.8 Å². The molecular formula is C14H19NO. The predicted molar refractivity (Wildman–Crippen MR) is 67.1 cm³/mol. The molecule has 2 heteroatoms. The van der Waals surface area contributed by atoms with Crippen LogP contribution in [-0.4, -0.2) is 16.9 Å². The van der Waals surface area contributed by atoms with Crippen molar-refractivity contribution in [1.82, 2.24) is 0 Å². The minimum Gasteiger partial charge on any atom is -0.354 e. The summed E-state index contributed by atoms with van der Waals surface area (Å²) in [5.41, 5.74) is 1.42. The van der Waals surface area contributed by atoms with Gasteiger partial charge in [0.2, 0.25) is 0 Å². The van der Waals surface area contributed by atoms with Crippen LogP contribution in [0.3, 0.4) is 0 Å². The first kappa shape index (κ1) is 11.2. The molecule has 0 unspecified atom stereocenters. The second kappa shape index (κ2) is 3.09. The van der Waals surface area contributed by atoms with Crippen molar-refractivity contribution < 1.29 is 4.79 Å². The van der Waals surface area contributed by atoms with Crippen LogP contribution < -0.4 is 4.90 Å². The molecule has 2 nitrogen and oxygen atoms in total. The lowest BCUT2D eigenvalue weighted by atomic mass is 9.93. The Kier molecular flexibility index (Phi) is 2.16. The molecule has 0 bridgehead atoms. The van der Waals surface area contributed by atoms with E-state index in [9.17, 15) is 4.79 Å². The van der Waals surface area contributed by atoms with Crippen molar-refractivity contribution >= 4 is 11.5 Å². The van der Waals surface area contributed by atoms with Gasteiger partial charge in [-0.05, 0) is 46.8 Å². The maximum Gasteiger partial charge on any atom is 0.189 e. The van der Waals surface area contributed by atoms with Crippen molar-refractivity contribution in [2.45, 2.75) is 45.7 Å². The predicted octanol–water partition coefficient (Wildman–Crippen LogP) is 3.27. The Hall–Kier alpha value is -1.31. The molecule has 16 heavy (non-hydrogen) atoms. The summed E-state index contributed by atoms with van der Waals surface area (Å²) in [6.07, 6.45) is 0. The second-order valence-corrected chi connectivity index (χ2v) is 5.91. The number of para-hydroxylation sites is 1. The van der Waals surface area contributed by atoms with Crippen LogP contribution in [0.2, 0.25) is 0 Å². The number of anilines is 1. The topological polar surface area (TPSA) is 20.3 Å². The van der Waals surface area contributed by atoms with Crippen molar-refractivity contribution in [1.29, 1.82) is 0 Å². The average molecular weight is 217 g/mol. The van der Waals surface area contributed by atoms with E-state index in [4.69, 9.17) is 0 Å². The molecular weight excluding hydrogens is 198 g/mol. The van der Waals surface area contributed by atoms with E-state index < -0.39 is 5.54 Å². The molecule has 0 saturated carbocycles. The molecule has 1 aliphatic rings. The molecule has 2 rings (SSSR count). The van der Waals surface area contributed by atoms with Gasteiger partial charge < -0.3 is 4.90 Å². The number of benzene rings is 1. The normalized spacial score (nSPS) is 18.8. The van der Waals surface area contributed by atoms with Gasteiger partial charge >= 0.3 is 0 Å². The first-order valence-electron chi connectivity index (χ1n) is 5.70. The first-order valence-corrected chi connectivity index (χ1v) is 5.70. The van der Waals surface area contributed by atoms with Gasteiger partial charge in [-0.1, -0.05) is 12.1 Å². The lowest BCUT2D eigenvalue weighted by Crippen LogP contribution is -2.54. The van der Waals surface area contributed by atoms with Gasteiger partial charge in [-0.2, -0.15) is 0 Å². The van der Waals surface area contributed by atoms with Gasteiger partial charge in [-0.25, -0.2) is 0 Å². The summed E-state index contributed by atoms with van der Waals surface area (Å²) in [6.45, 7) is 10.4. The molecule has 1 aromatic rings. The van der Waals surface area contributed by atoms with Gasteiger partial charge in [0, 0.05) is 16.8 Å². The average Bonchev–Trinajstić information content (AvgIpc) is 2.34. The number of ketones is 1. The quantitative estimate of drug-likeness (QED) is 0.664. The lowest BCUT2D eigenvalue weighted by molar-refractivity contribution is 0.0913. The highest BCUT2D eigenvalue weighted by Crippen LogP contribution is 2.42. The molecule has 1 aromatic carbocycles. The number of carbonyl (C=O) groups is 1. The fourth-order valence-electron chi connectivity index (χ4n) is 2.79. The number of Topliss-reactive ketones (excluding diaryl/α,β-unsaturated/α-hetero) is 1. The number of hydrogen-bond donors (Lipinski definition) is 0. The standard InChI is InChI=1S/C14H19NO/c1-13(2,3)15-11-9-7-6-8-10(11)12(16)14(15,4)5/h6-9H,1-5H3. The van der Waals surface area contributed by atoms with Gasteiger partial charge in [-0.3, -0.25) is 4.79 Å². The van der Waals surface area contributed by atoms with E-state index in [1.807, 2.05) is 38.1 Å². The maximum atomic E-state index is 12.3. The molecule has 0 saturated heterocycles. The third-order valence-corrected chi connectivity index (χ3v) is 3.18. The smallest absolute Gasteiger partial charge is 0.189 e. The van der Waals surface area contributed by atoms with Crippen LogP contribution in [0.15, 0.2) is 24.3 Å². The van der Waals surface area contributed by atoms with Crippen LogP contribution in [0.1, 0.15) is 45.0 Å². The molecule has 1 heterocycles. The van der Waals surface area contributed by atoms with Crippen molar-refractivity contribution in [3.63, 3.8) is 0 Å². The zero-order valence-electron chi connectivity index (χ0n) is 10.7. The molecule has 0 aliphatic carbocycles.